The second-order valence-corrected chi connectivity index (χ2v) is 7.86. The highest BCUT2D eigenvalue weighted by molar-refractivity contribution is 6.30. The van der Waals surface area contributed by atoms with E-state index in [1.165, 1.54) is 0 Å². The minimum Gasteiger partial charge on any atom is -0.404 e. The lowest BCUT2D eigenvalue weighted by Gasteiger charge is -2.13. The maximum absolute atomic E-state index is 8.78. The highest BCUT2D eigenvalue weighted by Crippen LogP contribution is 2.24. The van der Waals surface area contributed by atoms with Crippen molar-refractivity contribution in [1.29, 1.82) is 5.41 Å². The van der Waals surface area contributed by atoms with Crippen molar-refractivity contribution < 1.29 is 0 Å². The molecule has 0 unspecified atom stereocenters. The SMILES string of the molecule is CN/C=C(\C(=N)c1cccnc1C)c1cnc2ccc(N/C(N)=C/C(=C\N)C(C)C)nc2c1. The molecule has 0 bridgehead atoms. The van der Waals surface area contributed by atoms with Crippen LogP contribution < -0.4 is 22.1 Å². The van der Waals surface area contributed by atoms with Crippen LogP contribution in [0.15, 0.2) is 72.6 Å². The normalized spacial score (nSPS) is 12.8. The third-order valence-corrected chi connectivity index (χ3v) is 5.14. The third kappa shape index (κ3) is 5.54. The van der Waals surface area contributed by atoms with Gasteiger partial charge in [-0.1, -0.05) is 13.8 Å². The van der Waals surface area contributed by atoms with Crippen molar-refractivity contribution in [2.45, 2.75) is 20.8 Å². The number of nitrogens with one attached hydrogen (secondary N) is 3. The number of allylic oxidation sites excluding steroid dienone is 3. The van der Waals surface area contributed by atoms with E-state index in [9.17, 15) is 0 Å². The minimum absolute atomic E-state index is 0.253. The zero-order valence-corrected chi connectivity index (χ0v) is 19.3. The van der Waals surface area contributed by atoms with Gasteiger partial charge in [0.15, 0.2) is 0 Å². The Labute approximate surface area is 194 Å². The first kappa shape index (κ1) is 23.5. The van der Waals surface area contributed by atoms with Gasteiger partial charge in [-0.15, -0.1) is 0 Å². The molecule has 8 heteroatoms. The number of hydrogen-bond donors (Lipinski definition) is 5. The van der Waals surface area contributed by atoms with Gasteiger partial charge >= 0.3 is 0 Å². The molecule has 0 amide bonds. The van der Waals surface area contributed by atoms with Crippen molar-refractivity contribution in [2.24, 2.45) is 17.4 Å². The highest BCUT2D eigenvalue weighted by Gasteiger charge is 2.15. The number of fused-ring (bicyclic) bond motifs is 1. The van der Waals surface area contributed by atoms with Crippen LogP contribution in [0.3, 0.4) is 0 Å². The average Bonchev–Trinajstić information content (AvgIpc) is 2.80. The van der Waals surface area contributed by atoms with E-state index < -0.39 is 0 Å². The van der Waals surface area contributed by atoms with E-state index in [0.717, 1.165) is 27.9 Å². The van der Waals surface area contributed by atoms with E-state index in [2.05, 4.69) is 25.6 Å². The molecule has 0 aliphatic carbocycles. The van der Waals surface area contributed by atoms with Gasteiger partial charge in [0.1, 0.15) is 11.6 Å². The first-order valence-electron chi connectivity index (χ1n) is 10.7. The van der Waals surface area contributed by atoms with Gasteiger partial charge in [0.25, 0.3) is 0 Å². The Morgan fingerprint density at radius 1 is 1.15 bits per heavy atom. The molecule has 170 valence electrons. The first-order valence-corrected chi connectivity index (χ1v) is 10.7. The molecule has 0 spiro atoms. The van der Waals surface area contributed by atoms with Crippen molar-refractivity contribution in [3.63, 3.8) is 0 Å². The Kier molecular flexibility index (Phi) is 7.40. The second-order valence-electron chi connectivity index (χ2n) is 7.86. The first-order chi connectivity index (χ1) is 15.8. The zero-order chi connectivity index (χ0) is 24.0. The second kappa shape index (κ2) is 10.4. The van der Waals surface area contributed by atoms with Crippen molar-refractivity contribution in [2.75, 3.05) is 12.4 Å². The van der Waals surface area contributed by atoms with Gasteiger partial charge < -0.3 is 22.1 Å². The van der Waals surface area contributed by atoms with E-state index in [4.69, 9.17) is 16.9 Å². The summed E-state index contributed by atoms with van der Waals surface area (Å²) < 4.78 is 0. The number of rotatable bonds is 8. The van der Waals surface area contributed by atoms with Crippen LogP contribution in [0.25, 0.3) is 16.6 Å². The molecular weight excluding hydrogens is 412 g/mol. The molecule has 3 aromatic heterocycles. The van der Waals surface area contributed by atoms with E-state index in [0.29, 0.717) is 28.4 Å². The Morgan fingerprint density at radius 2 is 1.94 bits per heavy atom. The van der Waals surface area contributed by atoms with Crippen LogP contribution in [0.5, 0.6) is 0 Å². The van der Waals surface area contributed by atoms with Crippen LogP contribution in [0.2, 0.25) is 0 Å². The Hall–Kier alpha value is -4.20. The molecule has 3 aromatic rings. The topological polar surface area (TPSA) is 139 Å². The molecule has 0 aromatic carbocycles. The molecule has 3 rings (SSSR count). The number of anilines is 1. The Bertz CT molecular complexity index is 1250. The average molecular weight is 443 g/mol. The summed E-state index contributed by atoms with van der Waals surface area (Å²) in [6.45, 7) is 5.98. The third-order valence-electron chi connectivity index (χ3n) is 5.14. The smallest absolute Gasteiger partial charge is 0.132 e. The minimum atomic E-state index is 0.253. The largest absolute Gasteiger partial charge is 0.404 e. The number of nitrogens with two attached hydrogens (primary N) is 2. The summed E-state index contributed by atoms with van der Waals surface area (Å²) in [5.41, 5.74) is 17.5. The Balaban J connectivity index is 1.96. The number of nitrogens with zero attached hydrogens (tertiary/aromatic N) is 3. The maximum atomic E-state index is 8.78. The van der Waals surface area contributed by atoms with Gasteiger partial charge in [-0.25, -0.2) is 4.98 Å². The van der Waals surface area contributed by atoms with Crippen molar-refractivity contribution >= 4 is 28.1 Å². The lowest BCUT2D eigenvalue weighted by molar-refractivity contribution is 0.786. The quantitative estimate of drug-likeness (QED) is 0.265. The molecule has 3 heterocycles. The van der Waals surface area contributed by atoms with Gasteiger partial charge in [-0.3, -0.25) is 15.4 Å². The van der Waals surface area contributed by atoms with Crippen LogP contribution in [0.4, 0.5) is 5.82 Å². The van der Waals surface area contributed by atoms with E-state index in [1.807, 2.05) is 51.1 Å². The molecule has 8 nitrogen and oxygen atoms in total. The van der Waals surface area contributed by atoms with Crippen LogP contribution in [-0.4, -0.2) is 27.7 Å². The predicted molar refractivity (Wildman–Crippen MR) is 135 cm³/mol. The standard InChI is InChI=1S/C25H30N8/c1-15(2)17(12-26)11-23(27)33-24-8-7-21-22(32-24)10-18(13-31-21)20(14-29-4)25(28)19-6-5-9-30-16(19)3/h5-15,28-29H,26-27H2,1-4H3,(H,32,33)/b17-12+,20-14-,23-11+,28-25?. The molecule has 0 aliphatic heterocycles. The fourth-order valence-electron chi connectivity index (χ4n) is 3.33. The van der Waals surface area contributed by atoms with Crippen LogP contribution in [0, 0.1) is 18.3 Å². The fraction of sp³-hybridized carbons (Fsp3) is 0.200. The number of hydrogen-bond acceptors (Lipinski definition) is 8. The van der Waals surface area contributed by atoms with Crippen LogP contribution in [-0.2, 0) is 0 Å². The molecule has 0 fully saturated rings. The molecule has 0 saturated carbocycles. The van der Waals surface area contributed by atoms with Crippen molar-refractivity contribution in [3.05, 3.63) is 89.4 Å². The van der Waals surface area contributed by atoms with Crippen LogP contribution >= 0.6 is 0 Å². The maximum Gasteiger partial charge on any atom is 0.132 e. The lowest BCUT2D eigenvalue weighted by atomic mass is 9.96. The van der Waals surface area contributed by atoms with Gasteiger partial charge in [0.2, 0.25) is 0 Å². The van der Waals surface area contributed by atoms with Gasteiger partial charge in [0.05, 0.1) is 16.7 Å². The number of pyridine rings is 3. The molecule has 0 aliphatic rings. The van der Waals surface area contributed by atoms with E-state index in [1.54, 1.807) is 37.9 Å². The summed E-state index contributed by atoms with van der Waals surface area (Å²) in [7, 11) is 1.80. The molecule has 0 atom stereocenters. The van der Waals surface area contributed by atoms with Crippen molar-refractivity contribution in [1.82, 2.24) is 20.3 Å². The summed E-state index contributed by atoms with van der Waals surface area (Å²) in [5.74, 6) is 1.29. The number of aryl methyl sites for hydroxylation is 1. The van der Waals surface area contributed by atoms with Gasteiger partial charge in [0, 0.05) is 48.0 Å². The Morgan fingerprint density at radius 3 is 2.61 bits per heavy atom. The molecule has 0 radical (unpaired) electrons. The summed E-state index contributed by atoms with van der Waals surface area (Å²) >= 11 is 0. The fourth-order valence-corrected chi connectivity index (χ4v) is 3.33. The van der Waals surface area contributed by atoms with Crippen molar-refractivity contribution in [3.8, 4) is 0 Å². The van der Waals surface area contributed by atoms with E-state index in [-0.39, 0.29) is 5.92 Å². The van der Waals surface area contributed by atoms with Gasteiger partial charge in [-0.05, 0) is 61.0 Å². The predicted octanol–water partition coefficient (Wildman–Crippen LogP) is 3.67. The molecular formula is C25H30N8. The van der Waals surface area contributed by atoms with Crippen LogP contribution in [0.1, 0.15) is 30.7 Å². The highest BCUT2D eigenvalue weighted by atomic mass is 15.1. The zero-order valence-electron chi connectivity index (χ0n) is 19.3. The lowest BCUT2D eigenvalue weighted by Crippen LogP contribution is -2.12. The summed E-state index contributed by atoms with van der Waals surface area (Å²) in [5, 5.41) is 14.9. The summed E-state index contributed by atoms with van der Waals surface area (Å²) in [6.07, 6.45) is 8.61. The van der Waals surface area contributed by atoms with E-state index >= 15 is 0 Å². The monoisotopic (exact) mass is 442 g/mol. The number of aromatic nitrogens is 3. The summed E-state index contributed by atoms with van der Waals surface area (Å²) in [4.78, 5) is 13.5. The molecule has 7 N–H and O–H groups in total. The summed E-state index contributed by atoms with van der Waals surface area (Å²) in [6, 6.07) is 9.33. The van der Waals surface area contributed by atoms with Gasteiger partial charge in [-0.2, -0.15) is 0 Å². The molecule has 33 heavy (non-hydrogen) atoms. The molecule has 0 saturated heterocycles.